The van der Waals surface area contributed by atoms with Crippen LogP contribution in [0.4, 0.5) is 4.39 Å². The Morgan fingerprint density at radius 1 is 1.43 bits per heavy atom. The van der Waals surface area contributed by atoms with Gasteiger partial charge in [0, 0.05) is 11.0 Å². The number of benzene rings is 1. The van der Waals surface area contributed by atoms with E-state index in [0.29, 0.717) is 11.6 Å². The lowest BCUT2D eigenvalue weighted by molar-refractivity contribution is 0.525. The van der Waals surface area contributed by atoms with E-state index >= 15 is 0 Å². The molecule has 0 aliphatic carbocycles. The van der Waals surface area contributed by atoms with Crippen molar-refractivity contribution in [3.05, 3.63) is 51.0 Å². The van der Waals surface area contributed by atoms with Crippen LogP contribution in [0, 0.1) is 5.82 Å². The number of rotatable bonds is 6. The van der Waals surface area contributed by atoms with E-state index < -0.39 is 0 Å². The number of aromatic nitrogens is 2. The van der Waals surface area contributed by atoms with Crippen molar-refractivity contribution in [1.29, 1.82) is 0 Å². The highest BCUT2D eigenvalue weighted by atomic mass is 79.9. The van der Waals surface area contributed by atoms with Crippen LogP contribution in [-0.4, -0.2) is 16.3 Å². The predicted octanol–water partition coefficient (Wildman–Crippen LogP) is 4.55. The highest BCUT2D eigenvalue weighted by molar-refractivity contribution is 9.10. The molecule has 1 atom stereocenters. The van der Waals surface area contributed by atoms with Crippen molar-refractivity contribution in [2.75, 3.05) is 6.54 Å². The molecule has 1 unspecified atom stereocenters. The molecular weight excluding hydrogens is 357 g/mol. The molecule has 1 aromatic heterocycles. The first-order valence-electron chi connectivity index (χ1n) is 6.98. The Morgan fingerprint density at radius 3 is 2.86 bits per heavy atom. The summed E-state index contributed by atoms with van der Waals surface area (Å²) in [5, 5.41) is 8.29. The van der Waals surface area contributed by atoms with Gasteiger partial charge < -0.3 is 5.32 Å². The molecule has 3 nitrogen and oxygen atoms in total. The van der Waals surface area contributed by atoms with E-state index in [-0.39, 0.29) is 11.9 Å². The number of nitrogens with one attached hydrogen (secondary N) is 1. The van der Waals surface area contributed by atoms with Gasteiger partial charge in [0.25, 0.3) is 0 Å². The third-order valence-electron chi connectivity index (χ3n) is 3.27. The fraction of sp³-hybridized carbons (Fsp3) is 0.400. The molecule has 0 aliphatic heterocycles. The third-order valence-corrected chi connectivity index (χ3v) is 4.29. The van der Waals surface area contributed by atoms with E-state index in [1.807, 2.05) is 11.6 Å². The van der Waals surface area contributed by atoms with Gasteiger partial charge in [0.1, 0.15) is 5.82 Å². The van der Waals surface area contributed by atoms with E-state index in [1.54, 1.807) is 12.3 Å². The molecule has 0 saturated carbocycles. The molecule has 0 amide bonds. The molecule has 0 saturated heterocycles. The largest absolute Gasteiger partial charge is 0.305 e. The summed E-state index contributed by atoms with van der Waals surface area (Å²) in [5.41, 5.74) is 1.68. The Labute approximate surface area is 137 Å². The normalized spacial score (nSPS) is 12.6. The number of aryl methyl sites for hydroxylation is 1. The van der Waals surface area contributed by atoms with Crippen molar-refractivity contribution in [3.8, 4) is 0 Å². The summed E-state index contributed by atoms with van der Waals surface area (Å²) in [4.78, 5) is 0. The van der Waals surface area contributed by atoms with Gasteiger partial charge >= 0.3 is 0 Å². The lowest BCUT2D eigenvalue weighted by Crippen LogP contribution is -2.26. The molecule has 2 rings (SSSR count). The minimum atomic E-state index is -0.268. The average molecular weight is 375 g/mol. The average Bonchev–Trinajstić information content (AvgIpc) is 2.84. The molecule has 1 N–H and O–H groups in total. The maximum atomic E-state index is 13.7. The molecule has 0 bridgehead atoms. The summed E-state index contributed by atoms with van der Waals surface area (Å²) in [5.74, 6) is -0.268. The summed E-state index contributed by atoms with van der Waals surface area (Å²) in [6, 6.07) is 4.47. The zero-order chi connectivity index (χ0) is 15.4. The van der Waals surface area contributed by atoms with E-state index in [0.717, 1.165) is 28.7 Å². The SMILES string of the molecule is CCCNC(c1cc(F)ccc1Br)c1c(Cl)cnn1CC. The van der Waals surface area contributed by atoms with Crippen LogP contribution >= 0.6 is 27.5 Å². The molecule has 21 heavy (non-hydrogen) atoms. The molecule has 2 aromatic rings. The second-order valence-corrected chi connectivity index (χ2v) is 6.01. The van der Waals surface area contributed by atoms with E-state index in [9.17, 15) is 4.39 Å². The Balaban J connectivity index is 2.52. The smallest absolute Gasteiger partial charge is 0.123 e. The fourth-order valence-corrected chi connectivity index (χ4v) is 3.02. The second kappa shape index (κ2) is 7.38. The third kappa shape index (κ3) is 3.65. The van der Waals surface area contributed by atoms with Crippen molar-refractivity contribution in [1.82, 2.24) is 15.1 Å². The van der Waals surface area contributed by atoms with Crippen LogP contribution in [0.15, 0.2) is 28.9 Å². The van der Waals surface area contributed by atoms with Gasteiger partial charge in [0.15, 0.2) is 0 Å². The van der Waals surface area contributed by atoms with E-state index in [2.05, 4.69) is 33.3 Å². The summed E-state index contributed by atoms with van der Waals surface area (Å²) >= 11 is 9.81. The summed E-state index contributed by atoms with van der Waals surface area (Å²) in [7, 11) is 0. The Morgan fingerprint density at radius 2 is 2.19 bits per heavy atom. The Bertz CT molecular complexity index is 615. The Hall–Kier alpha value is -0.910. The maximum Gasteiger partial charge on any atom is 0.123 e. The lowest BCUT2D eigenvalue weighted by Gasteiger charge is -2.22. The van der Waals surface area contributed by atoms with Crippen molar-refractivity contribution in [2.24, 2.45) is 0 Å². The molecule has 0 fully saturated rings. The van der Waals surface area contributed by atoms with Gasteiger partial charge in [0.05, 0.1) is 23.0 Å². The molecular formula is C15H18BrClFN3. The topological polar surface area (TPSA) is 29.9 Å². The van der Waals surface area contributed by atoms with Crippen LogP contribution in [0.5, 0.6) is 0 Å². The maximum absolute atomic E-state index is 13.7. The first-order chi connectivity index (χ1) is 10.1. The molecule has 0 spiro atoms. The zero-order valence-electron chi connectivity index (χ0n) is 12.0. The van der Waals surface area contributed by atoms with Crippen molar-refractivity contribution in [3.63, 3.8) is 0 Å². The van der Waals surface area contributed by atoms with Gasteiger partial charge in [-0.1, -0.05) is 34.5 Å². The number of halogens is 3. The summed E-state index contributed by atoms with van der Waals surface area (Å²) in [6.07, 6.45) is 2.61. The minimum Gasteiger partial charge on any atom is -0.305 e. The molecule has 0 radical (unpaired) electrons. The number of nitrogens with zero attached hydrogens (tertiary/aromatic N) is 2. The summed E-state index contributed by atoms with van der Waals surface area (Å²) in [6.45, 7) is 5.60. The quantitative estimate of drug-likeness (QED) is 0.804. The van der Waals surface area contributed by atoms with Gasteiger partial charge in [-0.15, -0.1) is 0 Å². The molecule has 1 heterocycles. The van der Waals surface area contributed by atoms with Crippen LogP contribution in [0.1, 0.15) is 37.6 Å². The van der Waals surface area contributed by atoms with Gasteiger partial charge in [-0.25, -0.2) is 4.39 Å². The molecule has 6 heteroatoms. The van der Waals surface area contributed by atoms with Crippen molar-refractivity contribution < 1.29 is 4.39 Å². The summed E-state index contributed by atoms with van der Waals surface area (Å²) < 4.78 is 16.3. The van der Waals surface area contributed by atoms with Crippen molar-refractivity contribution in [2.45, 2.75) is 32.9 Å². The standard InChI is InChI=1S/C15H18BrClFN3/c1-3-7-19-14(11-8-10(18)5-6-12(11)16)15-13(17)9-20-21(15)4-2/h5-6,8-9,14,19H,3-4,7H2,1-2H3. The van der Waals surface area contributed by atoms with Crippen LogP contribution in [0.25, 0.3) is 0 Å². The highest BCUT2D eigenvalue weighted by Gasteiger charge is 2.23. The highest BCUT2D eigenvalue weighted by Crippen LogP contribution is 2.33. The predicted molar refractivity (Wildman–Crippen MR) is 87.1 cm³/mol. The van der Waals surface area contributed by atoms with E-state index in [4.69, 9.17) is 11.6 Å². The minimum absolute atomic E-state index is 0.204. The second-order valence-electron chi connectivity index (χ2n) is 4.75. The van der Waals surface area contributed by atoms with Crippen molar-refractivity contribution >= 4 is 27.5 Å². The first-order valence-corrected chi connectivity index (χ1v) is 8.15. The molecule has 0 aliphatic rings. The van der Waals surface area contributed by atoms with E-state index in [1.165, 1.54) is 12.1 Å². The zero-order valence-corrected chi connectivity index (χ0v) is 14.4. The van der Waals surface area contributed by atoms with Crippen LogP contribution in [0.2, 0.25) is 5.02 Å². The molecule has 1 aromatic carbocycles. The number of hydrogen-bond acceptors (Lipinski definition) is 2. The number of hydrogen-bond donors (Lipinski definition) is 1. The van der Waals surface area contributed by atoms with Crippen LogP contribution in [0.3, 0.4) is 0 Å². The van der Waals surface area contributed by atoms with Crippen LogP contribution < -0.4 is 5.32 Å². The fourth-order valence-electron chi connectivity index (χ4n) is 2.29. The monoisotopic (exact) mass is 373 g/mol. The first kappa shape index (κ1) is 16.5. The Kier molecular flexibility index (Phi) is 5.79. The van der Waals surface area contributed by atoms with Gasteiger partial charge in [-0.05, 0) is 43.7 Å². The lowest BCUT2D eigenvalue weighted by atomic mass is 10.0. The van der Waals surface area contributed by atoms with Crippen LogP contribution in [-0.2, 0) is 6.54 Å². The van der Waals surface area contributed by atoms with Gasteiger partial charge in [0.2, 0.25) is 0 Å². The molecule has 114 valence electrons. The van der Waals surface area contributed by atoms with Gasteiger partial charge in [-0.2, -0.15) is 5.10 Å². The van der Waals surface area contributed by atoms with Gasteiger partial charge in [-0.3, -0.25) is 4.68 Å².